The van der Waals surface area contributed by atoms with E-state index in [-0.39, 0.29) is 18.6 Å². The van der Waals surface area contributed by atoms with Crippen molar-refractivity contribution in [2.24, 2.45) is 0 Å². The maximum Gasteiger partial charge on any atom is 0.223 e. The van der Waals surface area contributed by atoms with Crippen molar-refractivity contribution in [2.45, 2.75) is 17.4 Å². The molecule has 0 aromatic heterocycles. The smallest absolute Gasteiger partial charge is 0.223 e. The van der Waals surface area contributed by atoms with Gasteiger partial charge in [-0.15, -0.1) is 11.8 Å². The lowest BCUT2D eigenvalue weighted by Gasteiger charge is -2.32. The Bertz CT molecular complexity index is 458. The summed E-state index contributed by atoms with van der Waals surface area (Å²) in [5.74, 6) is 0.801. The maximum atomic E-state index is 12.1. The first-order valence-electron chi connectivity index (χ1n) is 6.58. The predicted molar refractivity (Wildman–Crippen MR) is 80.2 cm³/mol. The lowest BCUT2D eigenvalue weighted by molar-refractivity contribution is -0.139. The van der Waals surface area contributed by atoms with Crippen molar-refractivity contribution in [1.29, 1.82) is 0 Å². The molecule has 0 bridgehead atoms. The number of nitrogens with zero attached hydrogens (tertiary/aromatic N) is 1. The van der Waals surface area contributed by atoms with Crippen LogP contribution < -0.4 is 0 Å². The second-order valence-electron chi connectivity index (χ2n) is 4.54. The Balaban J connectivity index is 1.76. The maximum absolute atomic E-state index is 12.1. The number of benzene rings is 1. The molecule has 20 heavy (non-hydrogen) atoms. The largest absolute Gasteiger partial charge is 0.394 e. The van der Waals surface area contributed by atoms with Gasteiger partial charge in [0, 0.05) is 30.2 Å². The van der Waals surface area contributed by atoms with E-state index >= 15 is 0 Å². The molecule has 0 radical (unpaired) electrons. The van der Waals surface area contributed by atoms with Crippen LogP contribution in [0.3, 0.4) is 0 Å². The Morgan fingerprint density at radius 3 is 3.05 bits per heavy atom. The number of hydrogen-bond acceptors (Lipinski definition) is 4. The number of carbonyl (C=O) groups is 1. The van der Waals surface area contributed by atoms with E-state index in [2.05, 4.69) is 0 Å². The lowest BCUT2D eigenvalue weighted by Crippen LogP contribution is -2.47. The first-order valence-corrected chi connectivity index (χ1v) is 7.94. The number of carbonyl (C=O) groups excluding carboxylic acids is 1. The highest BCUT2D eigenvalue weighted by Crippen LogP contribution is 2.27. The third kappa shape index (κ3) is 4.38. The van der Waals surface area contributed by atoms with Crippen LogP contribution in [0, 0.1) is 0 Å². The average Bonchev–Trinajstić information content (AvgIpc) is 2.49. The number of ether oxygens (including phenoxy) is 1. The van der Waals surface area contributed by atoms with E-state index in [1.54, 1.807) is 16.7 Å². The molecule has 0 aliphatic carbocycles. The summed E-state index contributed by atoms with van der Waals surface area (Å²) in [5, 5.41) is 9.78. The van der Waals surface area contributed by atoms with Crippen LogP contribution in [0.15, 0.2) is 29.2 Å². The fourth-order valence-electron chi connectivity index (χ4n) is 2.02. The lowest BCUT2D eigenvalue weighted by atomic mass is 10.2. The highest BCUT2D eigenvalue weighted by Gasteiger charge is 2.23. The standard InChI is InChI=1S/C14H18ClNO3S/c15-12-3-1-2-4-13(12)20-8-5-14(18)16-6-7-19-11(9-16)10-17/h1-4,11,17H,5-10H2. The molecular formula is C14H18ClNO3S. The van der Waals surface area contributed by atoms with Gasteiger partial charge in [-0.2, -0.15) is 0 Å². The zero-order valence-corrected chi connectivity index (χ0v) is 12.7. The van der Waals surface area contributed by atoms with Crippen molar-refractivity contribution >= 4 is 29.3 Å². The van der Waals surface area contributed by atoms with Gasteiger partial charge in [0.05, 0.1) is 24.3 Å². The van der Waals surface area contributed by atoms with Gasteiger partial charge in [-0.3, -0.25) is 4.79 Å². The first-order chi connectivity index (χ1) is 9.70. The third-order valence-electron chi connectivity index (χ3n) is 3.11. The van der Waals surface area contributed by atoms with Crippen LogP contribution in [-0.2, 0) is 9.53 Å². The Labute approximate surface area is 128 Å². The second kappa shape index (κ2) is 7.88. The molecule has 1 N–H and O–H groups in total. The minimum absolute atomic E-state index is 0.0435. The molecule has 2 rings (SSSR count). The fourth-order valence-corrected chi connectivity index (χ4v) is 3.20. The number of hydrogen-bond donors (Lipinski definition) is 1. The van der Waals surface area contributed by atoms with Gasteiger partial charge in [0.1, 0.15) is 0 Å². The third-order valence-corrected chi connectivity index (χ3v) is 4.62. The molecule has 1 fully saturated rings. The highest BCUT2D eigenvalue weighted by atomic mass is 35.5. The monoisotopic (exact) mass is 315 g/mol. The number of morpholine rings is 1. The molecule has 110 valence electrons. The summed E-state index contributed by atoms with van der Waals surface area (Å²) in [6, 6.07) is 7.62. The van der Waals surface area contributed by atoms with E-state index in [4.69, 9.17) is 21.4 Å². The van der Waals surface area contributed by atoms with Crippen LogP contribution in [0.5, 0.6) is 0 Å². The number of amides is 1. The first kappa shape index (κ1) is 15.6. The quantitative estimate of drug-likeness (QED) is 0.845. The molecule has 6 heteroatoms. The van der Waals surface area contributed by atoms with Crippen molar-refractivity contribution in [3.8, 4) is 0 Å². The topological polar surface area (TPSA) is 49.8 Å². The van der Waals surface area contributed by atoms with Crippen LogP contribution in [-0.4, -0.2) is 54.1 Å². The average molecular weight is 316 g/mol. The molecule has 1 aromatic rings. The van der Waals surface area contributed by atoms with E-state index in [0.29, 0.717) is 31.9 Å². The Kier molecular flexibility index (Phi) is 6.16. The van der Waals surface area contributed by atoms with Gasteiger partial charge in [0.25, 0.3) is 0 Å². The van der Waals surface area contributed by atoms with Crippen LogP contribution in [0.1, 0.15) is 6.42 Å². The number of aliphatic hydroxyl groups excluding tert-OH is 1. The summed E-state index contributed by atoms with van der Waals surface area (Å²) in [6.07, 6.45) is 0.220. The molecule has 0 saturated carbocycles. The predicted octanol–water partition coefficient (Wildman–Crippen LogP) is 2.04. The highest BCUT2D eigenvalue weighted by molar-refractivity contribution is 7.99. The van der Waals surface area contributed by atoms with Crippen molar-refractivity contribution in [1.82, 2.24) is 4.90 Å². The molecule has 1 aromatic carbocycles. The summed E-state index contributed by atoms with van der Waals surface area (Å²) < 4.78 is 5.33. The van der Waals surface area contributed by atoms with Crippen LogP contribution in [0.4, 0.5) is 0 Å². The van der Waals surface area contributed by atoms with Crippen molar-refractivity contribution in [3.63, 3.8) is 0 Å². The summed E-state index contributed by atoms with van der Waals surface area (Å²) in [5.41, 5.74) is 0. The molecule has 1 unspecified atom stereocenters. The Hall–Kier alpha value is -0.750. The van der Waals surface area contributed by atoms with E-state index < -0.39 is 0 Å². The van der Waals surface area contributed by atoms with Gasteiger partial charge < -0.3 is 14.7 Å². The second-order valence-corrected chi connectivity index (χ2v) is 6.09. The van der Waals surface area contributed by atoms with Crippen molar-refractivity contribution < 1.29 is 14.6 Å². The number of rotatable bonds is 5. The molecule has 0 spiro atoms. The number of thioether (sulfide) groups is 1. The number of aliphatic hydroxyl groups is 1. The van der Waals surface area contributed by atoms with Crippen LogP contribution >= 0.6 is 23.4 Å². The molecule has 1 saturated heterocycles. The molecule has 1 atom stereocenters. The van der Waals surface area contributed by atoms with Gasteiger partial charge in [0.2, 0.25) is 5.91 Å². The zero-order valence-electron chi connectivity index (χ0n) is 11.1. The summed E-state index contributed by atoms with van der Waals surface area (Å²) in [6.45, 7) is 1.53. The molecular weight excluding hydrogens is 298 g/mol. The van der Waals surface area contributed by atoms with Crippen LogP contribution in [0.25, 0.3) is 0 Å². The van der Waals surface area contributed by atoms with E-state index in [1.807, 2.05) is 24.3 Å². The van der Waals surface area contributed by atoms with Gasteiger partial charge in [0.15, 0.2) is 0 Å². The van der Waals surface area contributed by atoms with Crippen LogP contribution in [0.2, 0.25) is 5.02 Å². The summed E-state index contributed by atoms with van der Waals surface area (Å²) >= 11 is 7.65. The van der Waals surface area contributed by atoms with Crippen molar-refractivity contribution in [2.75, 3.05) is 32.1 Å². The molecule has 1 amide bonds. The summed E-state index contributed by atoms with van der Waals surface area (Å²) in [4.78, 5) is 14.8. The van der Waals surface area contributed by atoms with Gasteiger partial charge in [-0.05, 0) is 12.1 Å². The normalized spacial score (nSPS) is 19.1. The minimum Gasteiger partial charge on any atom is -0.394 e. The van der Waals surface area contributed by atoms with E-state index in [1.165, 1.54) is 0 Å². The SMILES string of the molecule is O=C(CCSc1ccccc1Cl)N1CCOC(CO)C1. The van der Waals surface area contributed by atoms with Crippen molar-refractivity contribution in [3.05, 3.63) is 29.3 Å². The molecule has 1 aliphatic heterocycles. The van der Waals surface area contributed by atoms with E-state index in [9.17, 15) is 4.79 Å². The Morgan fingerprint density at radius 2 is 2.30 bits per heavy atom. The zero-order chi connectivity index (χ0) is 14.4. The Morgan fingerprint density at radius 1 is 1.50 bits per heavy atom. The fraction of sp³-hybridized carbons (Fsp3) is 0.500. The molecule has 4 nitrogen and oxygen atoms in total. The summed E-state index contributed by atoms with van der Waals surface area (Å²) in [7, 11) is 0. The number of halogens is 1. The van der Waals surface area contributed by atoms with Gasteiger partial charge >= 0.3 is 0 Å². The molecule has 1 heterocycles. The molecule has 1 aliphatic rings. The minimum atomic E-state index is -0.246. The van der Waals surface area contributed by atoms with Gasteiger partial charge in [-0.1, -0.05) is 23.7 Å². The van der Waals surface area contributed by atoms with E-state index in [0.717, 1.165) is 9.92 Å². The van der Waals surface area contributed by atoms with Gasteiger partial charge in [-0.25, -0.2) is 0 Å².